The van der Waals surface area contributed by atoms with Crippen LogP contribution in [0.3, 0.4) is 0 Å². The zero-order valence-corrected chi connectivity index (χ0v) is 8.86. The van der Waals surface area contributed by atoms with Crippen LogP contribution in [0, 0.1) is 0 Å². The average molecular weight is 230 g/mol. The molecule has 1 amide bonds. The van der Waals surface area contributed by atoms with E-state index in [2.05, 4.69) is 10.6 Å². The fourth-order valence-corrected chi connectivity index (χ4v) is 2.16. The van der Waals surface area contributed by atoms with Crippen LogP contribution in [-0.4, -0.2) is 22.8 Å². The van der Waals surface area contributed by atoms with Crippen LogP contribution in [-0.2, 0) is 4.79 Å². The van der Waals surface area contributed by atoms with E-state index in [9.17, 15) is 14.7 Å². The normalized spacial score (nSPS) is 21.9. The van der Waals surface area contributed by atoms with Gasteiger partial charge in [-0.1, -0.05) is 6.07 Å². The summed E-state index contributed by atoms with van der Waals surface area (Å²) in [6.07, 6.45) is 1.63. The van der Waals surface area contributed by atoms with Gasteiger partial charge in [0.25, 0.3) is 0 Å². The Kier molecular flexibility index (Phi) is 1.95. The number of ketones is 1. The standard InChI is InChI=1S/C12H10N2O3/c15-9-3-1-2-6-10(16)4-7-8(14-12(6)9)5-11(17)13-7/h1-3,5,7,14-15H,4H2,(H,13,17)/t7-/m0/s1. The maximum absolute atomic E-state index is 12.0. The van der Waals surface area contributed by atoms with E-state index >= 15 is 0 Å². The summed E-state index contributed by atoms with van der Waals surface area (Å²) in [5.41, 5.74) is 1.46. The second kappa shape index (κ2) is 3.35. The number of benzene rings is 1. The van der Waals surface area contributed by atoms with Gasteiger partial charge in [0, 0.05) is 23.8 Å². The Morgan fingerprint density at radius 3 is 2.94 bits per heavy atom. The molecule has 0 fully saturated rings. The van der Waals surface area contributed by atoms with Crippen molar-refractivity contribution < 1.29 is 14.7 Å². The van der Waals surface area contributed by atoms with Crippen molar-refractivity contribution in [1.82, 2.24) is 5.32 Å². The number of rotatable bonds is 0. The number of hydrogen-bond acceptors (Lipinski definition) is 4. The molecule has 5 nitrogen and oxygen atoms in total. The number of carbonyl (C=O) groups is 2. The monoisotopic (exact) mass is 230 g/mol. The number of phenolic OH excluding ortho intramolecular Hbond substituents is 1. The predicted octanol–water partition coefficient (Wildman–Crippen LogP) is 0.773. The van der Waals surface area contributed by atoms with Crippen molar-refractivity contribution in [2.24, 2.45) is 0 Å². The molecule has 3 N–H and O–H groups in total. The molecule has 0 radical (unpaired) electrons. The van der Waals surface area contributed by atoms with Crippen molar-refractivity contribution in [3.8, 4) is 5.75 Å². The number of anilines is 1. The zero-order valence-electron chi connectivity index (χ0n) is 8.86. The second-order valence-electron chi connectivity index (χ2n) is 4.11. The van der Waals surface area contributed by atoms with E-state index in [1.54, 1.807) is 12.1 Å². The Morgan fingerprint density at radius 1 is 1.29 bits per heavy atom. The number of Topliss-reactive ketones (excluding diaryl/α,β-unsaturated/α-hetero) is 1. The zero-order chi connectivity index (χ0) is 12.0. The highest BCUT2D eigenvalue weighted by Crippen LogP contribution is 2.34. The van der Waals surface area contributed by atoms with Gasteiger partial charge in [-0.2, -0.15) is 0 Å². The van der Waals surface area contributed by atoms with Crippen molar-refractivity contribution in [1.29, 1.82) is 0 Å². The molecule has 1 atom stereocenters. The molecule has 1 aromatic carbocycles. The minimum absolute atomic E-state index is 0.0109. The minimum atomic E-state index is -0.318. The van der Waals surface area contributed by atoms with E-state index in [-0.39, 0.29) is 29.9 Å². The molecule has 0 saturated heterocycles. The highest BCUT2D eigenvalue weighted by molar-refractivity contribution is 6.06. The van der Waals surface area contributed by atoms with Crippen LogP contribution in [0.2, 0.25) is 0 Å². The van der Waals surface area contributed by atoms with Gasteiger partial charge in [0.2, 0.25) is 5.91 Å². The highest BCUT2D eigenvalue weighted by atomic mass is 16.3. The number of hydrogen-bond donors (Lipinski definition) is 3. The number of amides is 1. The molecule has 2 heterocycles. The van der Waals surface area contributed by atoms with E-state index in [0.717, 1.165) is 0 Å². The molecule has 0 aliphatic carbocycles. The number of phenols is 1. The molecule has 0 bridgehead atoms. The van der Waals surface area contributed by atoms with Crippen LogP contribution >= 0.6 is 0 Å². The number of aromatic hydroxyl groups is 1. The Morgan fingerprint density at radius 2 is 2.12 bits per heavy atom. The van der Waals surface area contributed by atoms with Gasteiger partial charge < -0.3 is 15.7 Å². The lowest BCUT2D eigenvalue weighted by Crippen LogP contribution is -2.30. The first-order chi connectivity index (χ1) is 8.15. The molecule has 0 unspecified atom stereocenters. The number of nitrogens with one attached hydrogen (secondary N) is 2. The van der Waals surface area contributed by atoms with Gasteiger partial charge in [0.05, 0.1) is 11.7 Å². The summed E-state index contributed by atoms with van der Waals surface area (Å²) in [6, 6.07) is 4.47. The number of para-hydroxylation sites is 1. The van der Waals surface area contributed by atoms with Crippen molar-refractivity contribution in [2.45, 2.75) is 12.5 Å². The van der Waals surface area contributed by atoms with Gasteiger partial charge in [0.15, 0.2) is 5.78 Å². The first-order valence-electron chi connectivity index (χ1n) is 5.29. The van der Waals surface area contributed by atoms with Crippen molar-refractivity contribution >= 4 is 17.4 Å². The molecule has 2 aliphatic heterocycles. The van der Waals surface area contributed by atoms with Crippen molar-refractivity contribution in [3.63, 3.8) is 0 Å². The van der Waals surface area contributed by atoms with Crippen LogP contribution in [0.4, 0.5) is 5.69 Å². The van der Waals surface area contributed by atoms with Crippen molar-refractivity contribution in [3.05, 3.63) is 35.5 Å². The molecule has 86 valence electrons. The Labute approximate surface area is 97.1 Å². The van der Waals surface area contributed by atoms with Gasteiger partial charge in [-0.25, -0.2) is 0 Å². The SMILES string of the molecule is O=C1C=C2Nc3c(O)cccc3C(=O)C[C@@H]2N1. The van der Waals surface area contributed by atoms with E-state index in [4.69, 9.17) is 0 Å². The van der Waals surface area contributed by atoms with E-state index in [0.29, 0.717) is 16.9 Å². The van der Waals surface area contributed by atoms with Crippen LogP contribution in [0.25, 0.3) is 0 Å². The molecular weight excluding hydrogens is 220 g/mol. The third-order valence-corrected chi connectivity index (χ3v) is 2.98. The van der Waals surface area contributed by atoms with Gasteiger partial charge >= 0.3 is 0 Å². The first-order valence-corrected chi connectivity index (χ1v) is 5.29. The highest BCUT2D eigenvalue weighted by Gasteiger charge is 2.31. The van der Waals surface area contributed by atoms with Crippen LogP contribution in [0.5, 0.6) is 5.75 Å². The summed E-state index contributed by atoms with van der Waals surface area (Å²) in [5, 5.41) is 15.4. The summed E-state index contributed by atoms with van der Waals surface area (Å²) in [5.74, 6) is -0.306. The summed E-state index contributed by atoms with van der Waals surface area (Å²) < 4.78 is 0. The number of carbonyl (C=O) groups excluding carboxylic acids is 2. The summed E-state index contributed by atoms with van der Waals surface area (Å²) in [7, 11) is 0. The summed E-state index contributed by atoms with van der Waals surface area (Å²) >= 11 is 0. The lowest BCUT2D eigenvalue weighted by atomic mass is 10.0. The van der Waals surface area contributed by atoms with E-state index < -0.39 is 0 Å². The lowest BCUT2D eigenvalue weighted by molar-refractivity contribution is -0.116. The first kappa shape index (κ1) is 9.89. The summed E-state index contributed by atoms with van der Waals surface area (Å²) in [4.78, 5) is 23.2. The predicted molar refractivity (Wildman–Crippen MR) is 60.7 cm³/mol. The quantitative estimate of drug-likeness (QED) is 0.575. The third-order valence-electron chi connectivity index (χ3n) is 2.98. The maximum Gasteiger partial charge on any atom is 0.246 e. The molecular formula is C12H10N2O3. The molecule has 0 saturated carbocycles. The fourth-order valence-electron chi connectivity index (χ4n) is 2.16. The fraction of sp³-hybridized carbons (Fsp3) is 0.167. The topological polar surface area (TPSA) is 78.4 Å². The van der Waals surface area contributed by atoms with Gasteiger partial charge in [0.1, 0.15) is 5.75 Å². The summed E-state index contributed by atoms with van der Waals surface area (Å²) in [6.45, 7) is 0. The van der Waals surface area contributed by atoms with E-state index in [1.807, 2.05) is 0 Å². The second-order valence-corrected chi connectivity index (χ2v) is 4.11. The van der Waals surface area contributed by atoms with Gasteiger partial charge in [-0.15, -0.1) is 0 Å². The Bertz CT molecular complexity index is 563. The Balaban J connectivity index is 2.13. The average Bonchev–Trinajstić information content (AvgIpc) is 2.55. The molecule has 5 heteroatoms. The Hall–Kier alpha value is -2.30. The van der Waals surface area contributed by atoms with Crippen LogP contribution < -0.4 is 10.6 Å². The van der Waals surface area contributed by atoms with Crippen molar-refractivity contribution in [2.75, 3.05) is 5.32 Å². The largest absolute Gasteiger partial charge is 0.506 e. The van der Waals surface area contributed by atoms with Crippen LogP contribution in [0.15, 0.2) is 30.0 Å². The van der Waals surface area contributed by atoms with Gasteiger partial charge in [-0.3, -0.25) is 9.59 Å². The number of fused-ring (bicyclic) bond motifs is 2. The lowest BCUT2D eigenvalue weighted by Gasteiger charge is -2.12. The molecule has 3 rings (SSSR count). The molecule has 0 aromatic heterocycles. The third kappa shape index (κ3) is 1.47. The minimum Gasteiger partial charge on any atom is -0.506 e. The molecule has 17 heavy (non-hydrogen) atoms. The van der Waals surface area contributed by atoms with E-state index in [1.165, 1.54) is 12.1 Å². The smallest absolute Gasteiger partial charge is 0.246 e. The molecule has 2 aliphatic rings. The maximum atomic E-state index is 12.0. The van der Waals surface area contributed by atoms with Crippen LogP contribution in [0.1, 0.15) is 16.8 Å². The molecule has 1 aromatic rings. The molecule has 0 spiro atoms. The van der Waals surface area contributed by atoms with Gasteiger partial charge in [-0.05, 0) is 12.1 Å².